The first-order chi connectivity index (χ1) is 9.19. The molecule has 0 radical (unpaired) electrons. The second-order valence-electron chi connectivity index (χ2n) is 7.92. The van der Waals surface area contributed by atoms with Crippen molar-refractivity contribution in [1.29, 1.82) is 0 Å². The van der Waals surface area contributed by atoms with E-state index in [1.54, 1.807) is 0 Å². The van der Waals surface area contributed by atoms with Crippen LogP contribution in [0.5, 0.6) is 0 Å². The summed E-state index contributed by atoms with van der Waals surface area (Å²) < 4.78 is 0. The average Bonchev–Trinajstić information content (AvgIpc) is 2.38. The zero-order valence-electron chi connectivity index (χ0n) is 12.8. The Balaban J connectivity index is 1.75. The van der Waals surface area contributed by atoms with Gasteiger partial charge in [-0.2, -0.15) is 0 Å². The smallest absolute Gasteiger partial charge is 0.0269 e. The van der Waals surface area contributed by atoms with Crippen molar-refractivity contribution < 1.29 is 0 Å². The Morgan fingerprint density at radius 3 is 1.84 bits per heavy atom. The molecule has 4 aliphatic rings. The Bertz CT molecular complexity index is 273. The first kappa shape index (κ1) is 13.9. The topological polar surface area (TPSA) is 38.0 Å². The van der Waals surface area contributed by atoms with Crippen LogP contribution in [-0.2, 0) is 0 Å². The zero-order chi connectivity index (χ0) is 13.5. The lowest BCUT2D eigenvalue weighted by Gasteiger charge is -2.59. The highest BCUT2D eigenvalue weighted by molar-refractivity contribution is 5.06. The number of nitrogens with one attached hydrogen (secondary N) is 1. The maximum Gasteiger partial charge on any atom is 0.0269 e. The van der Waals surface area contributed by atoms with Crippen molar-refractivity contribution in [3.8, 4) is 0 Å². The maximum absolute atomic E-state index is 6.00. The van der Waals surface area contributed by atoms with Gasteiger partial charge in [0.15, 0.2) is 0 Å². The summed E-state index contributed by atoms with van der Waals surface area (Å²) in [5, 5.41) is 0. The summed E-state index contributed by atoms with van der Waals surface area (Å²) in [5.74, 6) is 9.95. The van der Waals surface area contributed by atoms with E-state index in [4.69, 9.17) is 5.84 Å². The van der Waals surface area contributed by atoms with Crippen molar-refractivity contribution in [2.24, 2.45) is 34.9 Å². The highest BCUT2D eigenvalue weighted by Gasteiger charge is 2.53. The fourth-order valence-electron chi connectivity index (χ4n) is 6.05. The molecule has 4 fully saturated rings. The first-order valence-electron chi connectivity index (χ1n) is 8.65. The van der Waals surface area contributed by atoms with E-state index >= 15 is 0 Å². The van der Waals surface area contributed by atoms with Gasteiger partial charge in [-0.25, -0.2) is 0 Å². The van der Waals surface area contributed by atoms with E-state index in [0.717, 1.165) is 23.7 Å². The lowest BCUT2D eigenvalue weighted by atomic mass is 9.47. The van der Waals surface area contributed by atoms with Crippen LogP contribution in [-0.4, -0.2) is 6.04 Å². The van der Waals surface area contributed by atoms with E-state index in [9.17, 15) is 0 Å². The quantitative estimate of drug-likeness (QED) is 0.565. The van der Waals surface area contributed by atoms with Crippen LogP contribution in [0.4, 0.5) is 0 Å². The third kappa shape index (κ3) is 2.47. The summed E-state index contributed by atoms with van der Waals surface area (Å²) in [6.45, 7) is 4.67. The molecule has 4 rings (SSSR count). The lowest BCUT2D eigenvalue weighted by Crippen LogP contribution is -2.57. The number of nitrogens with two attached hydrogens (primary N) is 1. The molecule has 2 nitrogen and oxygen atoms in total. The summed E-state index contributed by atoms with van der Waals surface area (Å²) in [4.78, 5) is 0. The van der Waals surface area contributed by atoms with E-state index in [-0.39, 0.29) is 0 Å². The average molecular weight is 264 g/mol. The van der Waals surface area contributed by atoms with Crippen molar-refractivity contribution in [2.75, 3.05) is 0 Å². The van der Waals surface area contributed by atoms with Crippen LogP contribution in [0, 0.1) is 29.1 Å². The molecule has 19 heavy (non-hydrogen) atoms. The van der Waals surface area contributed by atoms with Gasteiger partial charge in [-0.15, -0.1) is 0 Å². The Labute approximate surface area is 118 Å². The van der Waals surface area contributed by atoms with Gasteiger partial charge >= 0.3 is 0 Å². The van der Waals surface area contributed by atoms with E-state index in [1.165, 1.54) is 57.8 Å². The fourth-order valence-corrected chi connectivity index (χ4v) is 6.05. The van der Waals surface area contributed by atoms with Gasteiger partial charge in [0.05, 0.1) is 0 Å². The molecule has 0 saturated heterocycles. The van der Waals surface area contributed by atoms with Crippen LogP contribution in [0.15, 0.2) is 0 Å². The van der Waals surface area contributed by atoms with E-state index in [1.807, 2.05) is 0 Å². The molecule has 0 aromatic carbocycles. The molecular formula is C17H32N2. The van der Waals surface area contributed by atoms with Crippen molar-refractivity contribution in [3.05, 3.63) is 0 Å². The van der Waals surface area contributed by atoms with Gasteiger partial charge in [0.2, 0.25) is 0 Å². The lowest BCUT2D eigenvalue weighted by molar-refractivity contribution is -0.0779. The van der Waals surface area contributed by atoms with Gasteiger partial charge in [0.1, 0.15) is 0 Å². The third-order valence-corrected chi connectivity index (χ3v) is 6.75. The molecule has 110 valence electrons. The predicted octanol–water partition coefficient (Wildman–Crippen LogP) is 3.86. The van der Waals surface area contributed by atoms with E-state index in [2.05, 4.69) is 19.3 Å². The number of rotatable bonds is 6. The van der Waals surface area contributed by atoms with Crippen molar-refractivity contribution in [2.45, 2.75) is 77.7 Å². The van der Waals surface area contributed by atoms with Crippen molar-refractivity contribution >= 4 is 0 Å². The second kappa shape index (κ2) is 5.37. The molecule has 4 aliphatic carbocycles. The summed E-state index contributed by atoms with van der Waals surface area (Å²) >= 11 is 0. The Hall–Kier alpha value is -0.0800. The molecule has 0 spiro atoms. The fraction of sp³-hybridized carbons (Fsp3) is 1.00. The molecule has 0 aromatic heterocycles. The van der Waals surface area contributed by atoms with E-state index < -0.39 is 0 Å². The van der Waals surface area contributed by atoms with Crippen LogP contribution < -0.4 is 11.3 Å². The Morgan fingerprint density at radius 2 is 1.47 bits per heavy atom. The summed E-state index contributed by atoms with van der Waals surface area (Å²) in [7, 11) is 0. The van der Waals surface area contributed by atoms with Crippen molar-refractivity contribution in [3.63, 3.8) is 0 Å². The highest BCUT2D eigenvalue weighted by Crippen LogP contribution is 2.61. The van der Waals surface area contributed by atoms with Crippen LogP contribution >= 0.6 is 0 Å². The molecule has 0 heterocycles. The predicted molar refractivity (Wildman–Crippen MR) is 80.4 cm³/mol. The Morgan fingerprint density at radius 1 is 1.00 bits per heavy atom. The molecule has 3 N–H and O–H groups in total. The van der Waals surface area contributed by atoms with Crippen LogP contribution in [0.25, 0.3) is 0 Å². The standard InChI is InChI=1S/C17H32N2/c1-3-12(4-2)8-16(19-18)17-9-13-5-14(10-17)7-15(6-13)11-17/h12-16,19H,3-11,18H2,1-2H3. The van der Waals surface area contributed by atoms with Gasteiger partial charge in [-0.1, -0.05) is 26.7 Å². The monoisotopic (exact) mass is 264 g/mol. The van der Waals surface area contributed by atoms with Gasteiger partial charge in [0, 0.05) is 6.04 Å². The summed E-state index contributed by atoms with van der Waals surface area (Å²) in [6, 6.07) is 0.575. The van der Waals surface area contributed by atoms with Gasteiger partial charge < -0.3 is 0 Å². The normalized spacial score (nSPS) is 42.0. The Kier molecular flexibility index (Phi) is 3.92. The minimum atomic E-state index is 0.562. The number of hydrogen-bond donors (Lipinski definition) is 2. The number of hydrogen-bond acceptors (Lipinski definition) is 2. The van der Waals surface area contributed by atoms with Crippen LogP contribution in [0.3, 0.4) is 0 Å². The molecule has 2 heteroatoms. The van der Waals surface area contributed by atoms with Gasteiger partial charge in [-0.3, -0.25) is 11.3 Å². The minimum Gasteiger partial charge on any atom is -0.271 e. The molecule has 0 amide bonds. The minimum absolute atomic E-state index is 0.562. The summed E-state index contributed by atoms with van der Waals surface area (Å²) in [6.07, 6.45) is 12.9. The van der Waals surface area contributed by atoms with Gasteiger partial charge in [0.25, 0.3) is 0 Å². The molecule has 1 atom stereocenters. The molecule has 1 unspecified atom stereocenters. The molecule has 0 aliphatic heterocycles. The highest BCUT2D eigenvalue weighted by atomic mass is 15.2. The largest absolute Gasteiger partial charge is 0.271 e. The summed E-state index contributed by atoms with van der Waals surface area (Å²) in [5.41, 5.74) is 3.82. The SMILES string of the molecule is CCC(CC)CC(NN)C12CC3CC(CC(C3)C1)C2. The van der Waals surface area contributed by atoms with Crippen LogP contribution in [0.1, 0.15) is 71.6 Å². The number of hydrazine groups is 1. The molecule has 4 saturated carbocycles. The van der Waals surface area contributed by atoms with Gasteiger partial charge in [-0.05, 0) is 74.0 Å². The van der Waals surface area contributed by atoms with Crippen LogP contribution in [0.2, 0.25) is 0 Å². The molecular weight excluding hydrogens is 232 g/mol. The third-order valence-electron chi connectivity index (χ3n) is 6.75. The van der Waals surface area contributed by atoms with Crippen molar-refractivity contribution in [1.82, 2.24) is 5.43 Å². The molecule has 0 aromatic rings. The second-order valence-corrected chi connectivity index (χ2v) is 7.92. The zero-order valence-corrected chi connectivity index (χ0v) is 12.8. The van der Waals surface area contributed by atoms with E-state index in [0.29, 0.717) is 11.5 Å². The molecule has 4 bridgehead atoms. The maximum atomic E-state index is 6.00. The first-order valence-corrected chi connectivity index (χ1v) is 8.65.